The Morgan fingerprint density at radius 1 is 1.21 bits per heavy atom. The zero-order valence-corrected chi connectivity index (χ0v) is 14.0. The number of aliphatic hydroxyl groups excluding tert-OH is 1. The summed E-state index contributed by atoms with van der Waals surface area (Å²) in [5.74, 6) is 0.0609. The standard InChI is InChI=1S/C19H26N2O3/c22-17-16(21-18(23)13-5-11-24-12-6-13)14-3-1-2-4-15(14)19(17)7-9-20-10-8-19/h1-4,13,16-17,20,22H,5-12H2,(H,21,23)/t16-,17+/m1/s1. The molecular formula is C19H26N2O3. The number of aliphatic hydroxyl groups is 1. The van der Waals surface area contributed by atoms with Crippen LogP contribution in [-0.2, 0) is 14.9 Å². The summed E-state index contributed by atoms with van der Waals surface area (Å²) in [4.78, 5) is 12.7. The average molecular weight is 330 g/mol. The van der Waals surface area contributed by atoms with E-state index in [1.807, 2.05) is 12.1 Å². The van der Waals surface area contributed by atoms with Crippen LogP contribution in [0.5, 0.6) is 0 Å². The van der Waals surface area contributed by atoms with E-state index >= 15 is 0 Å². The van der Waals surface area contributed by atoms with E-state index in [-0.39, 0.29) is 23.3 Å². The molecule has 4 rings (SSSR count). The van der Waals surface area contributed by atoms with E-state index in [1.54, 1.807) is 0 Å². The zero-order valence-electron chi connectivity index (χ0n) is 14.0. The lowest BCUT2D eigenvalue weighted by Crippen LogP contribution is -2.49. The molecule has 2 aliphatic heterocycles. The van der Waals surface area contributed by atoms with Gasteiger partial charge in [-0.15, -0.1) is 0 Å². The second-order valence-electron chi connectivity index (χ2n) is 7.31. The predicted molar refractivity (Wildman–Crippen MR) is 90.7 cm³/mol. The third-order valence-corrected chi connectivity index (χ3v) is 6.10. The second kappa shape index (κ2) is 6.47. The van der Waals surface area contributed by atoms with Gasteiger partial charge in [0.1, 0.15) is 0 Å². The minimum atomic E-state index is -0.555. The molecule has 1 aromatic carbocycles. The van der Waals surface area contributed by atoms with E-state index in [4.69, 9.17) is 4.74 Å². The molecule has 0 aromatic heterocycles. The van der Waals surface area contributed by atoms with Crippen molar-refractivity contribution in [3.8, 4) is 0 Å². The molecule has 1 amide bonds. The Kier molecular flexibility index (Phi) is 4.33. The molecule has 0 saturated carbocycles. The van der Waals surface area contributed by atoms with Gasteiger partial charge in [-0.2, -0.15) is 0 Å². The van der Waals surface area contributed by atoms with Gasteiger partial charge in [-0.05, 0) is 49.9 Å². The number of piperidine rings is 1. The minimum Gasteiger partial charge on any atom is -0.390 e. The topological polar surface area (TPSA) is 70.6 Å². The Labute approximate surface area is 142 Å². The summed E-state index contributed by atoms with van der Waals surface area (Å²) in [5.41, 5.74) is 2.08. The van der Waals surface area contributed by atoms with Crippen LogP contribution in [-0.4, -0.2) is 43.4 Å². The quantitative estimate of drug-likeness (QED) is 0.764. The molecule has 130 valence electrons. The molecule has 2 heterocycles. The van der Waals surface area contributed by atoms with Crippen molar-refractivity contribution in [3.63, 3.8) is 0 Å². The summed E-state index contributed by atoms with van der Waals surface area (Å²) in [6.45, 7) is 3.12. The highest BCUT2D eigenvalue weighted by Gasteiger charge is 2.52. The lowest BCUT2D eigenvalue weighted by Gasteiger charge is -2.39. The molecule has 5 nitrogen and oxygen atoms in total. The fourth-order valence-electron chi connectivity index (χ4n) is 4.70. The third kappa shape index (κ3) is 2.55. The van der Waals surface area contributed by atoms with Crippen molar-refractivity contribution in [2.75, 3.05) is 26.3 Å². The van der Waals surface area contributed by atoms with Crippen LogP contribution in [0.25, 0.3) is 0 Å². The smallest absolute Gasteiger partial charge is 0.223 e. The second-order valence-corrected chi connectivity index (χ2v) is 7.31. The van der Waals surface area contributed by atoms with Gasteiger partial charge < -0.3 is 20.5 Å². The third-order valence-electron chi connectivity index (χ3n) is 6.10. The molecule has 0 bridgehead atoms. The van der Waals surface area contributed by atoms with Crippen LogP contribution in [0, 0.1) is 5.92 Å². The van der Waals surface area contributed by atoms with Gasteiger partial charge in [0.05, 0.1) is 12.1 Å². The average Bonchev–Trinajstić information content (AvgIpc) is 2.86. The number of nitrogens with one attached hydrogen (secondary N) is 2. The van der Waals surface area contributed by atoms with Crippen molar-refractivity contribution in [1.29, 1.82) is 0 Å². The summed E-state index contributed by atoms with van der Waals surface area (Å²) in [6, 6.07) is 7.93. The first kappa shape index (κ1) is 16.1. The van der Waals surface area contributed by atoms with Crippen LogP contribution in [0.4, 0.5) is 0 Å². The predicted octanol–water partition coefficient (Wildman–Crippen LogP) is 1.27. The Morgan fingerprint density at radius 2 is 1.92 bits per heavy atom. The zero-order chi connectivity index (χ0) is 16.6. The monoisotopic (exact) mass is 330 g/mol. The van der Waals surface area contributed by atoms with Crippen molar-refractivity contribution in [3.05, 3.63) is 35.4 Å². The van der Waals surface area contributed by atoms with Crippen molar-refractivity contribution in [1.82, 2.24) is 10.6 Å². The first-order valence-corrected chi connectivity index (χ1v) is 9.09. The van der Waals surface area contributed by atoms with Crippen LogP contribution in [0.15, 0.2) is 24.3 Å². The molecule has 2 atom stereocenters. The van der Waals surface area contributed by atoms with E-state index in [9.17, 15) is 9.90 Å². The van der Waals surface area contributed by atoms with Crippen LogP contribution >= 0.6 is 0 Å². The summed E-state index contributed by atoms with van der Waals surface area (Å²) < 4.78 is 5.35. The molecule has 2 fully saturated rings. The maximum Gasteiger partial charge on any atom is 0.223 e. The van der Waals surface area contributed by atoms with Crippen LogP contribution in [0.1, 0.15) is 42.9 Å². The van der Waals surface area contributed by atoms with Gasteiger partial charge in [-0.3, -0.25) is 4.79 Å². The highest BCUT2D eigenvalue weighted by molar-refractivity contribution is 5.79. The van der Waals surface area contributed by atoms with Gasteiger partial charge >= 0.3 is 0 Å². The molecule has 1 aromatic rings. The number of amides is 1. The van der Waals surface area contributed by atoms with Crippen LogP contribution < -0.4 is 10.6 Å². The molecular weight excluding hydrogens is 304 g/mol. The molecule has 3 N–H and O–H groups in total. The summed E-state index contributed by atoms with van der Waals surface area (Å²) in [7, 11) is 0. The van der Waals surface area contributed by atoms with Crippen molar-refractivity contribution < 1.29 is 14.6 Å². The van der Waals surface area contributed by atoms with E-state index in [0.717, 1.165) is 44.3 Å². The fourth-order valence-corrected chi connectivity index (χ4v) is 4.70. The first-order chi connectivity index (χ1) is 11.7. The normalized spacial score (nSPS) is 29.4. The Balaban J connectivity index is 1.60. The van der Waals surface area contributed by atoms with Crippen molar-refractivity contribution in [2.45, 2.75) is 43.2 Å². The molecule has 0 radical (unpaired) electrons. The van der Waals surface area contributed by atoms with E-state index in [2.05, 4.69) is 22.8 Å². The highest BCUT2D eigenvalue weighted by Crippen LogP contribution is 2.50. The van der Waals surface area contributed by atoms with Gasteiger partial charge in [0.25, 0.3) is 0 Å². The molecule has 1 spiro atoms. The fraction of sp³-hybridized carbons (Fsp3) is 0.632. The number of hydrogen-bond donors (Lipinski definition) is 3. The molecule has 24 heavy (non-hydrogen) atoms. The molecule has 0 unspecified atom stereocenters. The van der Waals surface area contributed by atoms with E-state index in [0.29, 0.717) is 13.2 Å². The molecule has 3 aliphatic rings. The minimum absolute atomic E-state index is 0.00249. The van der Waals surface area contributed by atoms with Crippen molar-refractivity contribution in [2.24, 2.45) is 5.92 Å². The Morgan fingerprint density at radius 3 is 2.67 bits per heavy atom. The van der Waals surface area contributed by atoms with Gasteiger partial charge in [0.15, 0.2) is 0 Å². The molecule has 2 saturated heterocycles. The summed E-state index contributed by atoms with van der Waals surface area (Å²) in [5, 5.41) is 17.7. The lowest BCUT2D eigenvalue weighted by atomic mass is 9.72. The SMILES string of the molecule is O=C(N[C@@H]1c2ccccc2C2(CCNCC2)[C@H]1O)C1CCOCC1. The van der Waals surface area contributed by atoms with E-state index in [1.165, 1.54) is 5.56 Å². The Hall–Kier alpha value is -1.43. The summed E-state index contributed by atoms with van der Waals surface area (Å²) >= 11 is 0. The first-order valence-electron chi connectivity index (χ1n) is 9.09. The van der Waals surface area contributed by atoms with Gasteiger partial charge in [-0.25, -0.2) is 0 Å². The maximum absolute atomic E-state index is 12.7. The van der Waals surface area contributed by atoms with Gasteiger partial charge in [0, 0.05) is 24.5 Å². The van der Waals surface area contributed by atoms with Gasteiger partial charge in [0.2, 0.25) is 5.91 Å². The number of carbonyl (C=O) groups is 1. The van der Waals surface area contributed by atoms with Crippen LogP contribution in [0.3, 0.4) is 0 Å². The van der Waals surface area contributed by atoms with Crippen molar-refractivity contribution >= 4 is 5.91 Å². The number of rotatable bonds is 2. The maximum atomic E-state index is 12.7. The number of benzene rings is 1. The van der Waals surface area contributed by atoms with E-state index < -0.39 is 6.10 Å². The molecule has 5 heteroatoms. The number of hydrogen-bond acceptors (Lipinski definition) is 4. The van der Waals surface area contributed by atoms with Gasteiger partial charge in [-0.1, -0.05) is 24.3 Å². The number of carbonyl (C=O) groups excluding carboxylic acids is 1. The largest absolute Gasteiger partial charge is 0.390 e. The highest BCUT2D eigenvalue weighted by atomic mass is 16.5. The number of ether oxygens (including phenoxy) is 1. The molecule has 1 aliphatic carbocycles. The van der Waals surface area contributed by atoms with Crippen LogP contribution in [0.2, 0.25) is 0 Å². The number of fused-ring (bicyclic) bond motifs is 2. The Bertz CT molecular complexity index is 606. The summed E-state index contributed by atoms with van der Waals surface area (Å²) in [6.07, 6.45) is 2.81. The lowest BCUT2D eigenvalue weighted by molar-refractivity contribution is -0.129.